The third-order valence-corrected chi connectivity index (χ3v) is 5.48. The van der Waals surface area contributed by atoms with Crippen molar-refractivity contribution in [3.8, 4) is 0 Å². The third kappa shape index (κ3) is 4.43. The van der Waals surface area contributed by atoms with Crippen LogP contribution in [0.15, 0.2) is 41.1 Å². The molecule has 150 valence electrons. The Morgan fingerprint density at radius 3 is 2.75 bits per heavy atom. The molecular weight excluding hydrogens is 356 g/mol. The lowest BCUT2D eigenvalue weighted by atomic mass is 9.75. The number of benzene rings is 1. The van der Waals surface area contributed by atoms with Gasteiger partial charge in [-0.1, -0.05) is 30.3 Å². The summed E-state index contributed by atoms with van der Waals surface area (Å²) in [6.07, 6.45) is 5.25. The van der Waals surface area contributed by atoms with Crippen molar-refractivity contribution in [1.82, 2.24) is 9.88 Å². The zero-order valence-electron chi connectivity index (χ0n) is 16.6. The van der Waals surface area contributed by atoms with Crippen molar-refractivity contribution in [3.63, 3.8) is 0 Å². The Morgan fingerprint density at radius 1 is 1.29 bits per heavy atom. The lowest BCUT2D eigenvalue weighted by Crippen LogP contribution is -2.50. The molecule has 6 nitrogen and oxygen atoms in total. The maximum Gasteiger partial charge on any atom is 0.313 e. The van der Waals surface area contributed by atoms with E-state index in [0.29, 0.717) is 31.8 Å². The van der Waals surface area contributed by atoms with Crippen molar-refractivity contribution in [1.29, 1.82) is 0 Å². The molecule has 1 amide bonds. The molecule has 1 atom stereocenters. The van der Waals surface area contributed by atoms with Gasteiger partial charge in [0.05, 0.1) is 17.7 Å². The summed E-state index contributed by atoms with van der Waals surface area (Å²) in [5, 5.41) is 0. The van der Waals surface area contributed by atoms with Crippen LogP contribution in [0, 0.1) is 12.3 Å². The van der Waals surface area contributed by atoms with Gasteiger partial charge in [0, 0.05) is 13.1 Å². The number of piperidine rings is 1. The Hall–Kier alpha value is -2.63. The predicted octanol–water partition coefficient (Wildman–Crippen LogP) is 3.79. The standard InChI is InChI=1S/C22H28N2O4/c1-3-27-21(26)22(12-7-11-18-9-5-4-6-10-18)13-8-14-24(15-22)20(25)19-17(2)23-16-28-19/h4-6,9-10,16H,3,7-8,11-15H2,1-2H3/t22-/m1/s1. The maximum atomic E-state index is 12.9. The van der Waals surface area contributed by atoms with E-state index in [1.807, 2.05) is 25.1 Å². The molecule has 1 fully saturated rings. The summed E-state index contributed by atoms with van der Waals surface area (Å²) in [5.41, 5.74) is 1.16. The highest BCUT2D eigenvalue weighted by molar-refractivity contribution is 5.93. The van der Waals surface area contributed by atoms with Crippen LogP contribution in [0.5, 0.6) is 0 Å². The minimum atomic E-state index is -0.660. The molecule has 1 aliphatic rings. The molecule has 0 radical (unpaired) electrons. The molecule has 1 aliphatic heterocycles. The van der Waals surface area contributed by atoms with Gasteiger partial charge < -0.3 is 14.1 Å². The van der Waals surface area contributed by atoms with Gasteiger partial charge in [-0.2, -0.15) is 0 Å². The van der Waals surface area contributed by atoms with Crippen LogP contribution in [-0.4, -0.2) is 41.5 Å². The van der Waals surface area contributed by atoms with Crippen LogP contribution < -0.4 is 0 Å². The molecule has 28 heavy (non-hydrogen) atoms. The maximum absolute atomic E-state index is 12.9. The number of aryl methyl sites for hydroxylation is 2. The average molecular weight is 384 g/mol. The van der Waals surface area contributed by atoms with Gasteiger partial charge in [0.25, 0.3) is 5.91 Å². The molecule has 2 heterocycles. The van der Waals surface area contributed by atoms with Crippen molar-refractivity contribution < 1.29 is 18.7 Å². The van der Waals surface area contributed by atoms with Crippen LogP contribution in [0.3, 0.4) is 0 Å². The highest BCUT2D eigenvalue weighted by atomic mass is 16.5. The van der Waals surface area contributed by atoms with Crippen LogP contribution in [0.2, 0.25) is 0 Å². The highest BCUT2D eigenvalue weighted by Crippen LogP contribution is 2.37. The van der Waals surface area contributed by atoms with Crippen LogP contribution in [0.25, 0.3) is 0 Å². The molecule has 6 heteroatoms. The molecule has 0 spiro atoms. The molecule has 2 aromatic rings. The van der Waals surface area contributed by atoms with Crippen LogP contribution >= 0.6 is 0 Å². The largest absolute Gasteiger partial charge is 0.466 e. The lowest BCUT2D eigenvalue weighted by molar-refractivity contribution is -0.159. The molecule has 0 saturated carbocycles. The SMILES string of the molecule is CCOC(=O)[C@]1(CCCc2ccccc2)CCCN(C(=O)c2ocnc2C)C1. The van der Waals surface area contributed by atoms with E-state index >= 15 is 0 Å². The fourth-order valence-electron chi connectivity index (χ4n) is 3.99. The second-order valence-electron chi connectivity index (χ2n) is 7.44. The van der Waals surface area contributed by atoms with Gasteiger partial charge in [-0.15, -0.1) is 0 Å². The summed E-state index contributed by atoms with van der Waals surface area (Å²) in [5.74, 6) is -0.148. The fraction of sp³-hybridized carbons (Fsp3) is 0.500. The molecule has 0 bridgehead atoms. The number of carbonyl (C=O) groups excluding carboxylic acids is 2. The quantitative estimate of drug-likeness (QED) is 0.679. The Bertz CT molecular complexity index is 802. The van der Waals surface area contributed by atoms with Crippen LogP contribution in [0.4, 0.5) is 0 Å². The summed E-state index contributed by atoms with van der Waals surface area (Å²) in [6.45, 7) is 4.88. The number of amides is 1. The van der Waals surface area contributed by atoms with E-state index in [0.717, 1.165) is 25.7 Å². The minimum absolute atomic E-state index is 0.199. The molecule has 0 unspecified atom stereocenters. The van der Waals surface area contributed by atoms with E-state index in [9.17, 15) is 9.59 Å². The normalized spacial score (nSPS) is 19.4. The number of nitrogens with zero attached hydrogens (tertiary/aromatic N) is 2. The van der Waals surface area contributed by atoms with E-state index in [1.54, 1.807) is 11.8 Å². The fourth-order valence-corrected chi connectivity index (χ4v) is 3.99. The molecule has 1 aromatic heterocycles. The predicted molar refractivity (Wildman–Crippen MR) is 105 cm³/mol. The number of hydrogen-bond donors (Lipinski definition) is 0. The smallest absolute Gasteiger partial charge is 0.313 e. The average Bonchev–Trinajstić information content (AvgIpc) is 3.14. The van der Waals surface area contributed by atoms with Gasteiger partial charge in [0.15, 0.2) is 6.39 Å². The summed E-state index contributed by atoms with van der Waals surface area (Å²) < 4.78 is 10.7. The van der Waals surface area contributed by atoms with E-state index in [-0.39, 0.29) is 17.6 Å². The molecule has 0 aliphatic carbocycles. The highest BCUT2D eigenvalue weighted by Gasteiger charge is 2.44. The minimum Gasteiger partial charge on any atom is -0.466 e. The first kappa shape index (κ1) is 20.1. The second kappa shape index (κ2) is 9.04. The monoisotopic (exact) mass is 384 g/mol. The summed E-state index contributed by atoms with van der Waals surface area (Å²) in [4.78, 5) is 31.5. The van der Waals surface area contributed by atoms with Gasteiger partial charge >= 0.3 is 5.97 Å². The van der Waals surface area contributed by atoms with Crippen LogP contribution in [0.1, 0.15) is 54.4 Å². The van der Waals surface area contributed by atoms with E-state index in [1.165, 1.54) is 12.0 Å². The second-order valence-corrected chi connectivity index (χ2v) is 7.44. The zero-order chi connectivity index (χ0) is 20.0. The number of likely N-dealkylation sites (tertiary alicyclic amines) is 1. The number of oxazole rings is 1. The van der Waals surface area contributed by atoms with Crippen molar-refractivity contribution in [2.24, 2.45) is 5.41 Å². The van der Waals surface area contributed by atoms with E-state index in [2.05, 4.69) is 17.1 Å². The topological polar surface area (TPSA) is 72.6 Å². The van der Waals surface area contributed by atoms with Gasteiger partial charge in [0.1, 0.15) is 0 Å². The lowest BCUT2D eigenvalue weighted by Gasteiger charge is -2.40. The van der Waals surface area contributed by atoms with Gasteiger partial charge in [-0.3, -0.25) is 9.59 Å². The Labute approximate surface area is 165 Å². The molecule has 1 saturated heterocycles. The number of rotatable bonds is 7. The third-order valence-electron chi connectivity index (χ3n) is 5.48. The van der Waals surface area contributed by atoms with Gasteiger partial charge in [-0.25, -0.2) is 4.98 Å². The van der Waals surface area contributed by atoms with Crippen molar-refractivity contribution in [2.45, 2.75) is 46.0 Å². The first-order valence-corrected chi connectivity index (χ1v) is 9.96. The molecule has 0 N–H and O–H groups in total. The van der Waals surface area contributed by atoms with Gasteiger partial charge in [-0.05, 0) is 51.5 Å². The summed E-state index contributed by atoms with van der Waals surface area (Å²) >= 11 is 0. The van der Waals surface area contributed by atoms with Gasteiger partial charge in [0.2, 0.25) is 5.76 Å². The first-order chi connectivity index (χ1) is 13.6. The van der Waals surface area contributed by atoms with Crippen molar-refractivity contribution in [3.05, 3.63) is 53.7 Å². The number of aromatic nitrogens is 1. The first-order valence-electron chi connectivity index (χ1n) is 9.96. The number of hydrogen-bond acceptors (Lipinski definition) is 5. The number of carbonyl (C=O) groups is 2. The Balaban J connectivity index is 1.73. The Kier molecular flexibility index (Phi) is 6.49. The number of esters is 1. The zero-order valence-corrected chi connectivity index (χ0v) is 16.6. The van der Waals surface area contributed by atoms with Crippen molar-refractivity contribution >= 4 is 11.9 Å². The Morgan fingerprint density at radius 2 is 2.07 bits per heavy atom. The van der Waals surface area contributed by atoms with Crippen molar-refractivity contribution in [2.75, 3.05) is 19.7 Å². The molecule has 1 aromatic carbocycles. The van der Waals surface area contributed by atoms with E-state index < -0.39 is 5.41 Å². The molecular formula is C22H28N2O4. The number of ether oxygens (including phenoxy) is 1. The summed E-state index contributed by atoms with van der Waals surface area (Å²) in [6, 6.07) is 10.2. The molecule has 3 rings (SSSR count). The van der Waals surface area contributed by atoms with E-state index in [4.69, 9.17) is 9.15 Å². The summed E-state index contributed by atoms with van der Waals surface area (Å²) in [7, 11) is 0. The van der Waals surface area contributed by atoms with Crippen LogP contribution in [-0.2, 0) is 16.0 Å².